The van der Waals surface area contributed by atoms with Crippen molar-refractivity contribution in [2.45, 2.75) is 19.1 Å². The number of nitrogens with zero attached hydrogens (tertiary/aromatic N) is 1. The van der Waals surface area contributed by atoms with Gasteiger partial charge in [0.25, 0.3) is 5.91 Å². The standard InChI is InChI=1S/C25H27N3O2/c1-28(2)18-20-13-15-22(16-14-20)24(29)27-23(21-11-7-4-8-12-21)25(30)26-17-19-9-5-3-6-10-19/h3-16,23H,17-18H2,1-2H3,(H,26,30)(H,27,29). The molecule has 30 heavy (non-hydrogen) atoms. The second kappa shape index (κ2) is 10.4. The molecule has 0 heterocycles. The van der Waals surface area contributed by atoms with Crippen LogP contribution in [0.5, 0.6) is 0 Å². The molecule has 0 saturated carbocycles. The molecule has 3 aromatic rings. The molecule has 1 atom stereocenters. The molecule has 0 aromatic heterocycles. The Kier molecular flexibility index (Phi) is 7.35. The van der Waals surface area contributed by atoms with Crippen LogP contribution >= 0.6 is 0 Å². The van der Waals surface area contributed by atoms with Gasteiger partial charge in [-0.3, -0.25) is 9.59 Å². The molecule has 5 nitrogen and oxygen atoms in total. The largest absolute Gasteiger partial charge is 0.350 e. The predicted octanol–water partition coefficient (Wildman–Crippen LogP) is 3.54. The number of benzene rings is 3. The number of carbonyl (C=O) groups is 2. The number of hydrogen-bond acceptors (Lipinski definition) is 3. The second-order valence-electron chi connectivity index (χ2n) is 7.46. The minimum Gasteiger partial charge on any atom is -0.350 e. The topological polar surface area (TPSA) is 61.4 Å². The molecule has 0 bridgehead atoms. The van der Waals surface area contributed by atoms with Crippen molar-refractivity contribution in [1.82, 2.24) is 15.5 Å². The van der Waals surface area contributed by atoms with Gasteiger partial charge in [0.2, 0.25) is 5.91 Å². The van der Waals surface area contributed by atoms with Crippen LogP contribution in [0.4, 0.5) is 0 Å². The highest BCUT2D eigenvalue weighted by Gasteiger charge is 2.23. The molecular weight excluding hydrogens is 374 g/mol. The van der Waals surface area contributed by atoms with E-state index in [4.69, 9.17) is 0 Å². The van der Waals surface area contributed by atoms with Crippen LogP contribution in [0.25, 0.3) is 0 Å². The Morgan fingerprint density at radius 3 is 2.00 bits per heavy atom. The Labute approximate surface area is 177 Å². The van der Waals surface area contributed by atoms with Crippen molar-refractivity contribution in [3.63, 3.8) is 0 Å². The summed E-state index contributed by atoms with van der Waals surface area (Å²) in [6.45, 7) is 1.20. The molecule has 2 N–H and O–H groups in total. The van der Waals surface area contributed by atoms with Crippen molar-refractivity contribution in [3.05, 3.63) is 107 Å². The van der Waals surface area contributed by atoms with Gasteiger partial charge in [-0.25, -0.2) is 0 Å². The van der Waals surface area contributed by atoms with Crippen molar-refractivity contribution in [2.75, 3.05) is 14.1 Å². The van der Waals surface area contributed by atoms with Crippen LogP contribution in [-0.2, 0) is 17.9 Å². The molecule has 3 aromatic carbocycles. The Morgan fingerprint density at radius 2 is 1.40 bits per heavy atom. The van der Waals surface area contributed by atoms with E-state index in [0.717, 1.165) is 23.2 Å². The fraction of sp³-hybridized carbons (Fsp3) is 0.200. The third-order valence-electron chi connectivity index (χ3n) is 4.70. The summed E-state index contributed by atoms with van der Waals surface area (Å²) in [7, 11) is 4.00. The van der Waals surface area contributed by atoms with Gasteiger partial charge < -0.3 is 15.5 Å². The average Bonchev–Trinajstić information content (AvgIpc) is 2.77. The van der Waals surface area contributed by atoms with Gasteiger partial charge in [0, 0.05) is 18.7 Å². The fourth-order valence-electron chi connectivity index (χ4n) is 3.17. The normalized spacial score (nSPS) is 11.7. The molecule has 0 saturated heterocycles. The lowest BCUT2D eigenvalue weighted by molar-refractivity contribution is -0.123. The van der Waals surface area contributed by atoms with Gasteiger partial charge in [0.1, 0.15) is 6.04 Å². The lowest BCUT2D eigenvalue weighted by atomic mass is 10.0. The predicted molar refractivity (Wildman–Crippen MR) is 119 cm³/mol. The lowest BCUT2D eigenvalue weighted by Gasteiger charge is -2.19. The zero-order valence-corrected chi connectivity index (χ0v) is 17.3. The maximum absolute atomic E-state index is 12.9. The minimum atomic E-state index is -0.774. The molecule has 0 fully saturated rings. The first-order valence-corrected chi connectivity index (χ1v) is 9.94. The first kappa shape index (κ1) is 21.3. The molecule has 5 heteroatoms. The third kappa shape index (κ3) is 6.03. The molecule has 0 spiro atoms. The van der Waals surface area contributed by atoms with Crippen LogP contribution in [0.15, 0.2) is 84.9 Å². The molecule has 1 unspecified atom stereocenters. The summed E-state index contributed by atoms with van der Waals surface area (Å²) in [5, 5.41) is 5.81. The van der Waals surface area contributed by atoms with Crippen molar-refractivity contribution in [1.29, 1.82) is 0 Å². The van der Waals surface area contributed by atoms with E-state index in [2.05, 4.69) is 15.5 Å². The first-order valence-electron chi connectivity index (χ1n) is 9.94. The summed E-state index contributed by atoms with van der Waals surface area (Å²) in [6, 6.07) is 25.6. The van der Waals surface area contributed by atoms with Crippen molar-refractivity contribution in [3.8, 4) is 0 Å². The van der Waals surface area contributed by atoms with Gasteiger partial charge in [-0.2, -0.15) is 0 Å². The number of rotatable bonds is 8. The summed E-state index contributed by atoms with van der Waals surface area (Å²) >= 11 is 0. The second-order valence-corrected chi connectivity index (χ2v) is 7.46. The van der Waals surface area contributed by atoms with E-state index in [1.807, 2.05) is 86.9 Å². The van der Waals surface area contributed by atoms with Gasteiger partial charge in [-0.15, -0.1) is 0 Å². The summed E-state index contributed by atoms with van der Waals surface area (Å²) in [6.07, 6.45) is 0. The Hall–Kier alpha value is -3.44. The Morgan fingerprint density at radius 1 is 0.800 bits per heavy atom. The summed E-state index contributed by atoms with van der Waals surface area (Å²) in [4.78, 5) is 27.8. The first-order chi connectivity index (χ1) is 14.5. The molecule has 3 rings (SSSR count). The molecule has 154 valence electrons. The lowest BCUT2D eigenvalue weighted by Crippen LogP contribution is -2.40. The number of carbonyl (C=O) groups excluding carboxylic acids is 2. The van der Waals surface area contributed by atoms with E-state index in [9.17, 15) is 9.59 Å². The van der Waals surface area contributed by atoms with E-state index in [-0.39, 0.29) is 11.8 Å². The molecule has 0 radical (unpaired) electrons. The van der Waals surface area contributed by atoms with Crippen molar-refractivity contribution in [2.24, 2.45) is 0 Å². The number of nitrogens with one attached hydrogen (secondary N) is 2. The van der Waals surface area contributed by atoms with E-state index in [0.29, 0.717) is 12.1 Å². The number of hydrogen-bond donors (Lipinski definition) is 2. The van der Waals surface area contributed by atoms with Gasteiger partial charge >= 0.3 is 0 Å². The van der Waals surface area contributed by atoms with Crippen LogP contribution in [0, 0.1) is 0 Å². The quantitative estimate of drug-likeness (QED) is 0.607. The van der Waals surface area contributed by atoms with Gasteiger partial charge in [-0.05, 0) is 42.9 Å². The van der Waals surface area contributed by atoms with E-state index >= 15 is 0 Å². The Balaban J connectivity index is 1.72. The monoisotopic (exact) mass is 401 g/mol. The van der Waals surface area contributed by atoms with E-state index in [1.165, 1.54) is 0 Å². The van der Waals surface area contributed by atoms with Crippen LogP contribution in [0.2, 0.25) is 0 Å². The third-order valence-corrected chi connectivity index (χ3v) is 4.70. The molecule has 0 aliphatic carbocycles. The SMILES string of the molecule is CN(C)Cc1ccc(C(=O)NC(C(=O)NCc2ccccc2)c2ccccc2)cc1. The van der Waals surface area contributed by atoms with Crippen molar-refractivity contribution >= 4 is 11.8 Å². The van der Waals surface area contributed by atoms with Crippen LogP contribution in [-0.4, -0.2) is 30.8 Å². The van der Waals surface area contributed by atoms with Gasteiger partial charge in [-0.1, -0.05) is 72.8 Å². The Bertz CT molecular complexity index is 955. The molecule has 2 amide bonds. The molecule has 0 aliphatic heterocycles. The van der Waals surface area contributed by atoms with Crippen LogP contribution < -0.4 is 10.6 Å². The maximum atomic E-state index is 12.9. The van der Waals surface area contributed by atoms with E-state index in [1.54, 1.807) is 12.1 Å². The van der Waals surface area contributed by atoms with Gasteiger partial charge in [0.05, 0.1) is 0 Å². The molecule has 0 aliphatic rings. The summed E-state index contributed by atoms with van der Waals surface area (Å²) in [5.74, 6) is -0.530. The summed E-state index contributed by atoms with van der Waals surface area (Å²) < 4.78 is 0. The summed E-state index contributed by atoms with van der Waals surface area (Å²) in [5.41, 5.74) is 3.38. The fourth-order valence-corrected chi connectivity index (χ4v) is 3.17. The minimum absolute atomic E-state index is 0.248. The zero-order valence-electron chi connectivity index (χ0n) is 17.3. The zero-order chi connectivity index (χ0) is 21.3. The smallest absolute Gasteiger partial charge is 0.252 e. The maximum Gasteiger partial charge on any atom is 0.252 e. The van der Waals surface area contributed by atoms with Crippen molar-refractivity contribution < 1.29 is 9.59 Å². The van der Waals surface area contributed by atoms with Crippen LogP contribution in [0.1, 0.15) is 33.1 Å². The molecular formula is C25H27N3O2. The van der Waals surface area contributed by atoms with Crippen LogP contribution in [0.3, 0.4) is 0 Å². The average molecular weight is 402 g/mol. The van der Waals surface area contributed by atoms with E-state index < -0.39 is 6.04 Å². The van der Waals surface area contributed by atoms with Gasteiger partial charge in [0.15, 0.2) is 0 Å². The highest BCUT2D eigenvalue weighted by Crippen LogP contribution is 2.15. The highest BCUT2D eigenvalue weighted by molar-refractivity contribution is 5.97. The number of amides is 2. The highest BCUT2D eigenvalue weighted by atomic mass is 16.2.